The molecule has 0 aliphatic rings. The highest BCUT2D eigenvalue weighted by Gasteiger charge is 2.04. The van der Waals surface area contributed by atoms with E-state index in [1.807, 2.05) is 11.3 Å². The van der Waals surface area contributed by atoms with Crippen molar-refractivity contribution in [2.45, 2.75) is 46.1 Å². The molecule has 1 aromatic heterocycles. The lowest BCUT2D eigenvalue weighted by Crippen LogP contribution is -2.21. The van der Waals surface area contributed by atoms with Crippen LogP contribution in [0.5, 0.6) is 0 Å². The van der Waals surface area contributed by atoms with Crippen LogP contribution < -0.4 is 5.32 Å². The van der Waals surface area contributed by atoms with Gasteiger partial charge < -0.3 is 5.32 Å². The maximum Gasteiger partial charge on any atom is 0.0299 e. The first-order chi connectivity index (χ1) is 7.36. The molecule has 0 bridgehead atoms. The summed E-state index contributed by atoms with van der Waals surface area (Å²) < 4.78 is 0. The van der Waals surface area contributed by atoms with Gasteiger partial charge >= 0.3 is 0 Å². The molecule has 0 spiro atoms. The van der Waals surface area contributed by atoms with Crippen LogP contribution in [0.3, 0.4) is 0 Å². The third-order valence-corrected chi connectivity index (χ3v) is 3.73. The molecule has 0 fully saturated rings. The minimum Gasteiger partial charge on any atom is -0.312 e. The SMILES string of the molecule is CCCC[C@@H](CC)CNCc1cccs1. The van der Waals surface area contributed by atoms with Gasteiger partial charge in [0.2, 0.25) is 0 Å². The Balaban J connectivity index is 2.11. The van der Waals surface area contributed by atoms with Crippen LogP contribution in [0, 0.1) is 5.92 Å². The smallest absolute Gasteiger partial charge is 0.0299 e. The summed E-state index contributed by atoms with van der Waals surface area (Å²) in [6.45, 7) is 6.79. The lowest BCUT2D eigenvalue weighted by molar-refractivity contribution is 0.420. The van der Waals surface area contributed by atoms with Crippen molar-refractivity contribution in [3.05, 3.63) is 22.4 Å². The molecule has 86 valence electrons. The zero-order chi connectivity index (χ0) is 10.9. The average molecular weight is 225 g/mol. The van der Waals surface area contributed by atoms with Gasteiger partial charge in [0, 0.05) is 11.4 Å². The summed E-state index contributed by atoms with van der Waals surface area (Å²) in [5, 5.41) is 5.70. The minimum absolute atomic E-state index is 0.866. The van der Waals surface area contributed by atoms with Crippen molar-refractivity contribution >= 4 is 11.3 Å². The van der Waals surface area contributed by atoms with Gasteiger partial charge in [0.1, 0.15) is 0 Å². The molecule has 1 atom stereocenters. The number of unbranched alkanes of at least 4 members (excludes halogenated alkanes) is 1. The summed E-state index contributed by atoms with van der Waals surface area (Å²) in [5.74, 6) is 0.866. The predicted octanol–water partition coefficient (Wildman–Crippen LogP) is 4.05. The summed E-state index contributed by atoms with van der Waals surface area (Å²) in [6, 6.07) is 4.32. The third-order valence-electron chi connectivity index (χ3n) is 2.86. The monoisotopic (exact) mass is 225 g/mol. The lowest BCUT2D eigenvalue weighted by atomic mass is 9.99. The second-order valence-corrected chi connectivity index (χ2v) is 5.16. The number of rotatable bonds is 8. The van der Waals surface area contributed by atoms with Crippen molar-refractivity contribution in [3.8, 4) is 0 Å². The number of nitrogens with one attached hydrogen (secondary N) is 1. The molecule has 0 aliphatic heterocycles. The first kappa shape index (κ1) is 12.7. The standard InChI is InChI=1S/C13H23NS/c1-3-5-7-12(4-2)10-14-11-13-8-6-9-15-13/h6,8-9,12,14H,3-5,7,10-11H2,1-2H3/t12-/m1/s1. The molecular weight excluding hydrogens is 202 g/mol. The number of hydrogen-bond acceptors (Lipinski definition) is 2. The van der Waals surface area contributed by atoms with Crippen LogP contribution in [0.2, 0.25) is 0 Å². The summed E-state index contributed by atoms with van der Waals surface area (Å²) in [6.07, 6.45) is 5.38. The van der Waals surface area contributed by atoms with Crippen molar-refractivity contribution in [3.63, 3.8) is 0 Å². The van der Waals surface area contributed by atoms with Crippen LogP contribution in [0.25, 0.3) is 0 Å². The Kier molecular flexibility index (Phi) is 6.69. The molecule has 0 aromatic carbocycles. The van der Waals surface area contributed by atoms with E-state index < -0.39 is 0 Å². The summed E-state index contributed by atoms with van der Waals surface area (Å²) >= 11 is 1.84. The van der Waals surface area contributed by atoms with Gasteiger partial charge in [0.15, 0.2) is 0 Å². The topological polar surface area (TPSA) is 12.0 Å². The Morgan fingerprint density at radius 2 is 2.27 bits per heavy atom. The molecule has 1 N–H and O–H groups in total. The molecule has 1 rings (SSSR count). The Bertz CT molecular complexity index is 231. The highest BCUT2D eigenvalue weighted by atomic mass is 32.1. The quantitative estimate of drug-likeness (QED) is 0.703. The van der Waals surface area contributed by atoms with Crippen LogP contribution in [-0.2, 0) is 6.54 Å². The predicted molar refractivity (Wildman–Crippen MR) is 69.3 cm³/mol. The van der Waals surface area contributed by atoms with E-state index in [0.29, 0.717) is 0 Å². The molecule has 15 heavy (non-hydrogen) atoms. The van der Waals surface area contributed by atoms with Gasteiger partial charge in [-0.3, -0.25) is 0 Å². The van der Waals surface area contributed by atoms with Crippen molar-refractivity contribution in [2.24, 2.45) is 5.92 Å². The van der Waals surface area contributed by atoms with E-state index in [4.69, 9.17) is 0 Å². The molecule has 0 aliphatic carbocycles. The Morgan fingerprint density at radius 3 is 2.87 bits per heavy atom. The van der Waals surface area contributed by atoms with Gasteiger partial charge in [0.05, 0.1) is 0 Å². The van der Waals surface area contributed by atoms with E-state index in [9.17, 15) is 0 Å². The zero-order valence-electron chi connectivity index (χ0n) is 9.96. The first-order valence-corrected chi connectivity index (χ1v) is 6.97. The van der Waals surface area contributed by atoms with E-state index in [2.05, 4.69) is 36.7 Å². The van der Waals surface area contributed by atoms with Crippen LogP contribution in [0.1, 0.15) is 44.4 Å². The number of hydrogen-bond donors (Lipinski definition) is 1. The summed E-state index contributed by atoms with van der Waals surface area (Å²) in [4.78, 5) is 1.44. The fourth-order valence-electron chi connectivity index (χ4n) is 1.76. The molecule has 0 amide bonds. The fraction of sp³-hybridized carbons (Fsp3) is 0.692. The van der Waals surface area contributed by atoms with E-state index in [0.717, 1.165) is 12.5 Å². The van der Waals surface area contributed by atoms with E-state index >= 15 is 0 Å². The van der Waals surface area contributed by atoms with E-state index in [-0.39, 0.29) is 0 Å². The second kappa shape index (κ2) is 7.89. The zero-order valence-corrected chi connectivity index (χ0v) is 10.8. The molecule has 1 nitrogen and oxygen atoms in total. The van der Waals surface area contributed by atoms with Crippen molar-refractivity contribution in [1.82, 2.24) is 5.32 Å². The normalized spacial score (nSPS) is 12.9. The maximum atomic E-state index is 3.56. The Hall–Kier alpha value is -0.340. The minimum atomic E-state index is 0.866. The Morgan fingerprint density at radius 1 is 1.40 bits per heavy atom. The molecule has 0 unspecified atom stereocenters. The Labute approximate surface area is 97.9 Å². The van der Waals surface area contributed by atoms with Gasteiger partial charge in [-0.1, -0.05) is 39.2 Å². The molecular formula is C13H23NS. The van der Waals surface area contributed by atoms with Gasteiger partial charge in [-0.05, 0) is 30.3 Å². The van der Waals surface area contributed by atoms with Crippen molar-refractivity contribution in [1.29, 1.82) is 0 Å². The molecule has 2 heteroatoms. The lowest BCUT2D eigenvalue weighted by Gasteiger charge is -2.14. The van der Waals surface area contributed by atoms with Gasteiger partial charge in [-0.2, -0.15) is 0 Å². The summed E-state index contributed by atoms with van der Waals surface area (Å²) in [7, 11) is 0. The molecule has 1 heterocycles. The highest BCUT2D eigenvalue weighted by molar-refractivity contribution is 7.09. The van der Waals surface area contributed by atoms with Gasteiger partial charge in [0.25, 0.3) is 0 Å². The van der Waals surface area contributed by atoms with Crippen LogP contribution >= 0.6 is 11.3 Å². The molecule has 0 saturated carbocycles. The second-order valence-electron chi connectivity index (χ2n) is 4.13. The largest absolute Gasteiger partial charge is 0.312 e. The van der Waals surface area contributed by atoms with Crippen molar-refractivity contribution < 1.29 is 0 Å². The van der Waals surface area contributed by atoms with Crippen molar-refractivity contribution in [2.75, 3.05) is 6.54 Å². The van der Waals surface area contributed by atoms with Crippen LogP contribution in [0.4, 0.5) is 0 Å². The first-order valence-electron chi connectivity index (χ1n) is 6.09. The van der Waals surface area contributed by atoms with Gasteiger partial charge in [-0.25, -0.2) is 0 Å². The number of thiophene rings is 1. The maximum absolute atomic E-state index is 3.56. The average Bonchev–Trinajstić information content (AvgIpc) is 2.76. The fourth-order valence-corrected chi connectivity index (χ4v) is 2.43. The van der Waals surface area contributed by atoms with Crippen LogP contribution in [-0.4, -0.2) is 6.54 Å². The summed E-state index contributed by atoms with van der Waals surface area (Å²) in [5.41, 5.74) is 0. The molecule has 0 radical (unpaired) electrons. The van der Waals surface area contributed by atoms with E-state index in [1.165, 1.54) is 37.1 Å². The molecule has 0 saturated heterocycles. The third kappa shape index (κ3) is 5.33. The van der Waals surface area contributed by atoms with E-state index in [1.54, 1.807) is 0 Å². The molecule has 1 aromatic rings. The highest BCUT2D eigenvalue weighted by Crippen LogP contribution is 2.12. The van der Waals surface area contributed by atoms with Gasteiger partial charge in [-0.15, -0.1) is 11.3 Å². The van der Waals surface area contributed by atoms with Crippen LogP contribution in [0.15, 0.2) is 17.5 Å².